The van der Waals surface area contributed by atoms with Crippen molar-refractivity contribution in [2.75, 3.05) is 12.3 Å². The number of aliphatic hydroxyl groups is 1. The number of para-hydroxylation sites is 1. The Labute approximate surface area is 118 Å². The molecule has 2 aromatic rings. The summed E-state index contributed by atoms with van der Waals surface area (Å²) in [6.45, 7) is 2.64. The van der Waals surface area contributed by atoms with E-state index in [1.54, 1.807) is 12.1 Å². The summed E-state index contributed by atoms with van der Waals surface area (Å²) in [6.07, 6.45) is 0.920. The van der Waals surface area contributed by atoms with Crippen molar-refractivity contribution in [3.8, 4) is 17.2 Å². The Hall–Kier alpha value is -2.20. The molecular formula is C16H19NO3. The van der Waals surface area contributed by atoms with Crippen LogP contribution < -0.4 is 15.2 Å². The van der Waals surface area contributed by atoms with E-state index in [9.17, 15) is 0 Å². The van der Waals surface area contributed by atoms with Crippen molar-refractivity contribution >= 4 is 5.69 Å². The summed E-state index contributed by atoms with van der Waals surface area (Å²) in [6, 6.07) is 12.7. The van der Waals surface area contributed by atoms with Gasteiger partial charge in [0.15, 0.2) is 5.75 Å². The molecule has 0 radical (unpaired) electrons. The summed E-state index contributed by atoms with van der Waals surface area (Å²) in [4.78, 5) is 0. The summed E-state index contributed by atoms with van der Waals surface area (Å²) >= 11 is 0. The van der Waals surface area contributed by atoms with Crippen LogP contribution >= 0.6 is 0 Å². The summed E-state index contributed by atoms with van der Waals surface area (Å²) in [5.41, 5.74) is 7.32. The molecule has 3 N–H and O–H groups in total. The number of hydrogen-bond donors (Lipinski definition) is 2. The third-order valence-corrected chi connectivity index (χ3v) is 2.80. The van der Waals surface area contributed by atoms with Crippen molar-refractivity contribution in [1.82, 2.24) is 0 Å². The standard InChI is InChI=1S/C16H19NO3/c1-2-9-19-14-7-4-8-15(16(14)17)20-13-6-3-5-12(10-13)11-18/h3-8,10,18H,2,9,11,17H2,1H3. The second-order valence-electron chi connectivity index (χ2n) is 4.42. The molecule has 4 heteroatoms. The molecule has 0 aliphatic heterocycles. The lowest BCUT2D eigenvalue weighted by Crippen LogP contribution is -2.00. The van der Waals surface area contributed by atoms with Crippen LogP contribution in [0.4, 0.5) is 5.69 Å². The number of aliphatic hydroxyl groups excluding tert-OH is 1. The zero-order valence-corrected chi connectivity index (χ0v) is 11.5. The molecule has 0 aliphatic rings. The van der Waals surface area contributed by atoms with Crippen LogP contribution in [-0.2, 0) is 6.61 Å². The molecule has 0 heterocycles. The molecule has 2 rings (SSSR count). The molecule has 0 unspecified atom stereocenters. The Bertz CT molecular complexity index is 569. The van der Waals surface area contributed by atoms with E-state index in [1.807, 2.05) is 37.3 Å². The van der Waals surface area contributed by atoms with E-state index in [0.717, 1.165) is 12.0 Å². The largest absolute Gasteiger partial charge is 0.491 e. The molecule has 106 valence electrons. The Kier molecular flexibility index (Phi) is 4.85. The van der Waals surface area contributed by atoms with Gasteiger partial charge in [0.2, 0.25) is 0 Å². The van der Waals surface area contributed by atoms with E-state index in [-0.39, 0.29) is 6.61 Å². The van der Waals surface area contributed by atoms with Gasteiger partial charge in [-0.2, -0.15) is 0 Å². The minimum absolute atomic E-state index is 0.0215. The average Bonchev–Trinajstić information content (AvgIpc) is 2.48. The summed E-state index contributed by atoms with van der Waals surface area (Å²) in [5, 5.41) is 9.12. The Morgan fingerprint density at radius 1 is 1.10 bits per heavy atom. The molecular weight excluding hydrogens is 254 g/mol. The zero-order valence-electron chi connectivity index (χ0n) is 11.5. The summed E-state index contributed by atoms with van der Waals surface area (Å²) in [5.74, 6) is 1.81. The Morgan fingerprint density at radius 2 is 1.85 bits per heavy atom. The lowest BCUT2D eigenvalue weighted by molar-refractivity contribution is 0.281. The SMILES string of the molecule is CCCOc1cccc(Oc2cccc(CO)c2)c1N. The molecule has 0 saturated heterocycles. The molecule has 4 nitrogen and oxygen atoms in total. The van der Waals surface area contributed by atoms with Gasteiger partial charge in [-0.3, -0.25) is 0 Å². The van der Waals surface area contributed by atoms with Gasteiger partial charge in [0, 0.05) is 0 Å². The van der Waals surface area contributed by atoms with E-state index in [0.29, 0.717) is 29.5 Å². The van der Waals surface area contributed by atoms with Gasteiger partial charge < -0.3 is 20.3 Å². The van der Waals surface area contributed by atoms with Gasteiger partial charge in [-0.15, -0.1) is 0 Å². The van der Waals surface area contributed by atoms with E-state index < -0.39 is 0 Å². The van der Waals surface area contributed by atoms with Crippen LogP contribution in [0.1, 0.15) is 18.9 Å². The number of benzene rings is 2. The number of nitrogens with two attached hydrogens (primary N) is 1. The highest BCUT2D eigenvalue weighted by molar-refractivity contribution is 5.63. The lowest BCUT2D eigenvalue weighted by Gasteiger charge is -2.13. The first-order valence-corrected chi connectivity index (χ1v) is 6.63. The molecule has 20 heavy (non-hydrogen) atoms. The molecule has 2 aromatic carbocycles. The van der Waals surface area contributed by atoms with Gasteiger partial charge >= 0.3 is 0 Å². The molecule has 0 atom stereocenters. The number of ether oxygens (including phenoxy) is 2. The molecule has 0 bridgehead atoms. The van der Waals surface area contributed by atoms with Crippen molar-refractivity contribution in [2.24, 2.45) is 0 Å². The zero-order chi connectivity index (χ0) is 14.4. The second kappa shape index (κ2) is 6.82. The van der Waals surface area contributed by atoms with Crippen molar-refractivity contribution in [2.45, 2.75) is 20.0 Å². The third-order valence-electron chi connectivity index (χ3n) is 2.80. The normalized spacial score (nSPS) is 10.3. The molecule has 0 aromatic heterocycles. The number of rotatable bonds is 6. The molecule has 0 aliphatic carbocycles. The Balaban J connectivity index is 2.20. The quantitative estimate of drug-likeness (QED) is 0.792. The predicted octanol–water partition coefficient (Wildman–Crippen LogP) is 3.34. The molecule has 0 fully saturated rings. The van der Waals surface area contributed by atoms with Crippen LogP contribution in [0.15, 0.2) is 42.5 Å². The van der Waals surface area contributed by atoms with E-state index >= 15 is 0 Å². The fourth-order valence-corrected chi connectivity index (χ4v) is 1.79. The fourth-order valence-electron chi connectivity index (χ4n) is 1.79. The average molecular weight is 273 g/mol. The highest BCUT2D eigenvalue weighted by Crippen LogP contribution is 2.34. The van der Waals surface area contributed by atoms with Crippen molar-refractivity contribution in [3.63, 3.8) is 0 Å². The van der Waals surface area contributed by atoms with Crippen LogP contribution in [0.3, 0.4) is 0 Å². The third kappa shape index (κ3) is 3.42. The smallest absolute Gasteiger partial charge is 0.154 e. The predicted molar refractivity (Wildman–Crippen MR) is 79.1 cm³/mol. The van der Waals surface area contributed by atoms with Crippen LogP contribution in [0, 0.1) is 0 Å². The highest BCUT2D eigenvalue weighted by Gasteiger charge is 2.08. The van der Waals surface area contributed by atoms with Crippen LogP contribution in [0.25, 0.3) is 0 Å². The van der Waals surface area contributed by atoms with Gasteiger partial charge in [0.1, 0.15) is 17.2 Å². The fraction of sp³-hybridized carbons (Fsp3) is 0.250. The number of anilines is 1. The highest BCUT2D eigenvalue weighted by atomic mass is 16.5. The Morgan fingerprint density at radius 3 is 2.60 bits per heavy atom. The van der Waals surface area contributed by atoms with E-state index in [2.05, 4.69) is 0 Å². The van der Waals surface area contributed by atoms with E-state index in [1.165, 1.54) is 0 Å². The molecule has 0 saturated carbocycles. The van der Waals surface area contributed by atoms with Crippen LogP contribution in [0.2, 0.25) is 0 Å². The molecule has 0 spiro atoms. The monoisotopic (exact) mass is 273 g/mol. The van der Waals surface area contributed by atoms with Gasteiger partial charge in [-0.1, -0.05) is 25.1 Å². The minimum atomic E-state index is -0.0215. The minimum Gasteiger partial charge on any atom is -0.491 e. The van der Waals surface area contributed by atoms with Crippen molar-refractivity contribution in [3.05, 3.63) is 48.0 Å². The molecule has 0 amide bonds. The summed E-state index contributed by atoms with van der Waals surface area (Å²) in [7, 11) is 0. The van der Waals surface area contributed by atoms with Crippen LogP contribution in [-0.4, -0.2) is 11.7 Å². The maximum absolute atomic E-state index is 9.12. The lowest BCUT2D eigenvalue weighted by atomic mass is 10.2. The maximum Gasteiger partial charge on any atom is 0.154 e. The topological polar surface area (TPSA) is 64.7 Å². The number of hydrogen-bond acceptors (Lipinski definition) is 4. The van der Waals surface area contributed by atoms with Crippen LogP contribution in [0.5, 0.6) is 17.2 Å². The first-order chi connectivity index (χ1) is 9.74. The van der Waals surface area contributed by atoms with Crippen molar-refractivity contribution < 1.29 is 14.6 Å². The number of nitrogen functional groups attached to an aromatic ring is 1. The van der Waals surface area contributed by atoms with Crippen molar-refractivity contribution in [1.29, 1.82) is 0 Å². The first kappa shape index (κ1) is 14.2. The first-order valence-electron chi connectivity index (χ1n) is 6.63. The van der Waals surface area contributed by atoms with Gasteiger partial charge in [-0.05, 0) is 36.2 Å². The van der Waals surface area contributed by atoms with Gasteiger partial charge in [0.25, 0.3) is 0 Å². The van der Waals surface area contributed by atoms with Gasteiger partial charge in [-0.25, -0.2) is 0 Å². The van der Waals surface area contributed by atoms with Gasteiger partial charge in [0.05, 0.1) is 13.2 Å². The van der Waals surface area contributed by atoms with E-state index in [4.69, 9.17) is 20.3 Å². The maximum atomic E-state index is 9.12. The summed E-state index contributed by atoms with van der Waals surface area (Å²) < 4.78 is 11.3. The second-order valence-corrected chi connectivity index (χ2v) is 4.42.